The summed E-state index contributed by atoms with van der Waals surface area (Å²) < 4.78 is 16.9. The molecule has 0 spiro atoms. The summed E-state index contributed by atoms with van der Waals surface area (Å²) in [7, 11) is 0. The van der Waals surface area contributed by atoms with Crippen molar-refractivity contribution in [2.24, 2.45) is 0 Å². The number of carbonyl (C=O) groups is 3. The van der Waals surface area contributed by atoms with E-state index in [0.717, 1.165) is 148 Å². The molecule has 470 valence electrons. The molecule has 0 saturated heterocycles. The Labute approximate surface area is 512 Å². The second kappa shape index (κ2) is 69.8. The smallest absolute Gasteiger partial charge is 0.306 e. The van der Waals surface area contributed by atoms with Crippen molar-refractivity contribution >= 4 is 17.9 Å². The molecule has 0 heterocycles. The lowest BCUT2D eigenvalue weighted by Crippen LogP contribution is -2.30. The summed E-state index contributed by atoms with van der Waals surface area (Å²) in [5.41, 5.74) is 0. The van der Waals surface area contributed by atoms with Crippen molar-refractivity contribution in [3.63, 3.8) is 0 Å². The third-order valence-electron chi connectivity index (χ3n) is 14.3. The van der Waals surface area contributed by atoms with E-state index in [1.807, 2.05) is 0 Å². The Bertz CT molecular complexity index is 1800. The van der Waals surface area contributed by atoms with Crippen molar-refractivity contribution in [3.8, 4) is 0 Å². The van der Waals surface area contributed by atoms with Crippen LogP contribution in [-0.2, 0) is 28.6 Å². The summed E-state index contributed by atoms with van der Waals surface area (Å²) in [6.07, 6.45) is 100.0. The van der Waals surface area contributed by atoms with Crippen molar-refractivity contribution < 1.29 is 28.6 Å². The first-order valence-corrected chi connectivity index (χ1v) is 34.3. The maximum atomic E-state index is 12.9. The van der Waals surface area contributed by atoms with E-state index in [1.54, 1.807) is 0 Å². The van der Waals surface area contributed by atoms with Crippen molar-refractivity contribution in [1.29, 1.82) is 0 Å². The first-order valence-electron chi connectivity index (χ1n) is 34.3. The molecule has 1 atom stereocenters. The number of ether oxygens (including phenoxy) is 3. The van der Waals surface area contributed by atoms with Gasteiger partial charge >= 0.3 is 17.9 Å². The Morgan fingerprint density at radius 1 is 0.253 bits per heavy atom. The summed E-state index contributed by atoms with van der Waals surface area (Å²) in [6, 6.07) is 0. The van der Waals surface area contributed by atoms with Gasteiger partial charge in [-0.05, 0) is 141 Å². The molecule has 0 aliphatic rings. The number of carbonyl (C=O) groups excluding carboxylic acids is 3. The van der Waals surface area contributed by atoms with Gasteiger partial charge in [-0.15, -0.1) is 0 Å². The highest BCUT2D eigenvalue weighted by Crippen LogP contribution is 2.15. The minimum absolute atomic E-state index is 0.0968. The van der Waals surface area contributed by atoms with Crippen LogP contribution in [0, 0.1) is 0 Å². The number of unbranched alkanes of at least 4 members (excludes halogenated alkanes) is 26. The van der Waals surface area contributed by atoms with Gasteiger partial charge < -0.3 is 14.2 Å². The molecule has 83 heavy (non-hydrogen) atoms. The van der Waals surface area contributed by atoms with E-state index < -0.39 is 6.10 Å². The molecule has 0 rings (SSSR count). The maximum Gasteiger partial charge on any atom is 0.306 e. The van der Waals surface area contributed by atoms with Crippen molar-refractivity contribution in [2.45, 2.75) is 309 Å². The lowest BCUT2D eigenvalue weighted by molar-refractivity contribution is -0.167. The van der Waals surface area contributed by atoms with Crippen LogP contribution in [0.4, 0.5) is 0 Å². The van der Waals surface area contributed by atoms with Gasteiger partial charge in [0.1, 0.15) is 13.2 Å². The van der Waals surface area contributed by atoms with E-state index >= 15 is 0 Å². The van der Waals surface area contributed by atoms with E-state index in [0.29, 0.717) is 19.3 Å². The average Bonchev–Trinajstić information content (AvgIpc) is 3.49. The molecule has 0 fully saturated rings. The van der Waals surface area contributed by atoms with Gasteiger partial charge in [-0.25, -0.2) is 0 Å². The van der Waals surface area contributed by atoms with Gasteiger partial charge in [0.15, 0.2) is 6.10 Å². The largest absolute Gasteiger partial charge is 0.462 e. The molecule has 0 bridgehead atoms. The zero-order valence-corrected chi connectivity index (χ0v) is 53.9. The van der Waals surface area contributed by atoms with Crippen LogP contribution in [0.2, 0.25) is 0 Å². The Hall–Kier alpha value is -4.71. The van der Waals surface area contributed by atoms with Gasteiger partial charge in [0.05, 0.1) is 0 Å². The van der Waals surface area contributed by atoms with Crippen LogP contribution >= 0.6 is 0 Å². The first-order chi connectivity index (χ1) is 41.0. The summed E-state index contributed by atoms with van der Waals surface area (Å²) in [5, 5.41) is 0. The van der Waals surface area contributed by atoms with Crippen LogP contribution in [0.15, 0.2) is 146 Å². The standard InChI is InChI=1S/C77H126O6/c1-4-7-10-13-16-19-22-25-28-31-33-34-35-36-37-38-39-40-41-42-44-46-49-52-55-58-61-64-67-70-76(79)82-73-74(72-81-75(78)69-66-63-60-57-54-51-48-45-30-27-24-21-18-15-12-9-6-3)83-77(80)71-68-65-62-59-56-53-50-47-43-32-29-26-23-20-17-14-11-8-5-2/h7,9-10,12,16,18-19,21,25-30,33-34,36-37,39-40,42,44,48,51,74H,4-6,8,11,13-15,17,20,22-24,31-32,35,38,41,43,45-47,49-50,52-73H2,1-3H3/b10-7-,12-9-,19-16-,21-18-,28-25-,29-26-,30-27-,34-33-,37-36-,40-39-,44-42-,51-48-. The van der Waals surface area contributed by atoms with E-state index in [9.17, 15) is 14.4 Å². The summed E-state index contributed by atoms with van der Waals surface area (Å²) in [5.74, 6) is -0.928. The van der Waals surface area contributed by atoms with Gasteiger partial charge in [-0.1, -0.05) is 289 Å². The van der Waals surface area contributed by atoms with Crippen molar-refractivity contribution in [1.82, 2.24) is 0 Å². The highest BCUT2D eigenvalue weighted by atomic mass is 16.6. The molecule has 0 saturated carbocycles. The van der Waals surface area contributed by atoms with Crippen LogP contribution in [0.5, 0.6) is 0 Å². The predicted octanol–water partition coefficient (Wildman–Crippen LogP) is 23.9. The first kappa shape index (κ1) is 78.3. The number of rotatable bonds is 61. The topological polar surface area (TPSA) is 78.9 Å². The molecule has 1 unspecified atom stereocenters. The number of hydrogen-bond acceptors (Lipinski definition) is 6. The molecule has 0 aliphatic heterocycles. The van der Waals surface area contributed by atoms with Crippen LogP contribution in [0.1, 0.15) is 303 Å². The van der Waals surface area contributed by atoms with Crippen LogP contribution < -0.4 is 0 Å². The Balaban J connectivity index is 4.42. The summed E-state index contributed by atoms with van der Waals surface area (Å²) in [4.78, 5) is 38.4. The molecule has 0 aromatic rings. The lowest BCUT2D eigenvalue weighted by atomic mass is 10.1. The second-order valence-corrected chi connectivity index (χ2v) is 22.3. The van der Waals surface area contributed by atoms with Crippen molar-refractivity contribution in [3.05, 3.63) is 146 Å². The third-order valence-corrected chi connectivity index (χ3v) is 14.3. The molecule has 0 aliphatic carbocycles. The fourth-order valence-electron chi connectivity index (χ4n) is 9.23. The Morgan fingerprint density at radius 2 is 0.470 bits per heavy atom. The fraction of sp³-hybridized carbons (Fsp3) is 0.649. The van der Waals surface area contributed by atoms with E-state index in [-0.39, 0.29) is 31.1 Å². The lowest BCUT2D eigenvalue weighted by Gasteiger charge is -2.18. The quantitative estimate of drug-likeness (QED) is 0.0261. The molecule has 6 heteroatoms. The van der Waals surface area contributed by atoms with Gasteiger partial charge in [0.2, 0.25) is 0 Å². The maximum absolute atomic E-state index is 12.9. The zero-order chi connectivity index (χ0) is 59.9. The molecule has 0 amide bonds. The van der Waals surface area contributed by atoms with E-state index in [4.69, 9.17) is 14.2 Å². The molecule has 6 nitrogen and oxygen atoms in total. The highest BCUT2D eigenvalue weighted by Gasteiger charge is 2.19. The zero-order valence-electron chi connectivity index (χ0n) is 53.9. The molecule has 0 aromatic heterocycles. The molecular weight excluding hydrogens is 1020 g/mol. The highest BCUT2D eigenvalue weighted by molar-refractivity contribution is 5.71. The second-order valence-electron chi connectivity index (χ2n) is 22.3. The molecule has 0 aromatic carbocycles. The van der Waals surface area contributed by atoms with Crippen molar-refractivity contribution in [2.75, 3.05) is 13.2 Å². The van der Waals surface area contributed by atoms with Gasteiger partial charge in [0, 0.05) is 19.3 Å². The third kappa shape index (κ3) is 68.0. The minimum Gasteiger partial charge on any atom is -0.462 e. The van der Waals surface area contributed by atoms with Crippen LogP contribution in [0.3, 0.4) is 0 Å². The molecule has 0 radical (unpaired) electrons. The minimum atomic E-state index is -0.802. The number of esters is 3. The predicted molar refractivity (Wildman–Crippen MR) is 362 cm³/mol. The Morgan fingerprint density at radius 3 is 0.747 bits per heavy atom. The SMILES string of the molecule is CC/C=C\C/C=C\C/C=C\C/C=C\C/C=C\C/C=C\C/C=C\CCCCCCCCCC(=O)OCC(COC(=O)CCCCCC/C=C\C/C=C\C/C=C\C/C=C\CC)OC(=O)CCCCCCCCCCC/C=C\CCCCCCCC. The normalized spacial score (nSPS) is 13.0. The monoisotopic (exact) mass is 1150 g/mol. The summed E-state index contributed by atoms with van der Waals surface area (Å²) >= 11 is 0. The fourth-order valence-corrected chi connectivity index (χ4v) is 9.23. The van der Waals surface area contributed by atoms with E-state index in [1.165, 1.54) is 116 Å². The van der Waals surface area contributed by atoms with Crippen LogP contribution in [-0.4, -0.2) is 37.2 Å². The van der Waals surface area contributed by atoms with E-state index in [2.05, 4.69) is 167 Å². The number of hydrogen-bond donors (Lipinski definition) is 0. The molecular formula is C77H126O6. The Kier molecular flexibility index (Phi) is 65.8. The van der Waals surface area contributed by atoms with Gasteiger partial charge in [-0.2, -0.15) is 0 Å². The number of allylic oxidation sites excluding steroid dienone is 24. The van der Waals surface area contributed by atoms with Gasteiger partial charge in [-0.3, -0.25) is 14.4 Å². The van der Waals surface area contributed by atoms with Crippen LogP contribution in [0.25, 0.3) is 0 Å². The summed E-state index contributed by atoms with van der Waals surface area (Å²) in [6.45, 7) is 6.39. The average molecular weight is 1150 g/mol. The van der Waals surface area contributed by atoms with Gasteiger partial charge in [0.25, 0.3) is 0 Å². The molecule has 0 N–H and O–H groups in total.